The molecule has 102 valence electrons. The van der Waals surface area contributed by atoms with Crippen LogP contribution in [0.3, 0.4) is 0 Å². The number of fused-ring (bicyclic) bond motifs is 1. The fourth-order valence-electron chi connectivity index (χ4n) is 2.72. The number of rotatable bonds is 3. The average Bonchev–Trinajstić information content (AvgIpc) is 2.73. The topological polar surface area (TPSA) is 29.9 Å². The summed E-state index contributed by atoms with van der Waals surface area (Å²) in [6.45, 7) is 4.95. The first-order valence-electron chi connectivity index (χ1n) is 6.88. The summed E-state index contributed by atoms with van der Waals surface area (Å²) in [7, 11) is 1.94. The van der Waals surface area contributed by atoms with Gasteiger partial charge in [0.2, 0.25) is 0 Å². The molecule has 0 aliphatic carbocycles. The summed E-state index contributed by atoms with van der Waals surface area (Å²) >= 11 is 0. The summed E-state index contributed by atoms with van der Waals surface area (Å²) in [6, 6.07) is 15.0. The third kappa shape index (κ3) is 2.16. The Bertz CT molecular complexity index is 756. The molecule has 0 bridgehead atoms. The van der Waals surface area contributed by atoms with Crippen molar-refractivity contribution in [3.05, 3.63) is 59.4 Å². The lowest BCUT2D eigenvalue weighted by Crippen LogP contribution is -2.04. The Balaban J connectivity index is 1.97. The number of nitrogens with zero attached hydrogens (tertiary/aromatic N) is 2. The van der Waals surface area contributed by atoms with Crippen LogP contribution in [-0.4, -0.2) is 16.8 Å². The first-order valence-corrected chi connectivity index (χ1v) is 6.88. The SMILES string of the molecule is CNc1c(C)nn(Cc2ccc3ccccc3c2)c1C. The molecule has 0 unspecified atom stereocenters. The summed E-state index contributed by atoms with van der Waals surface area (Å²) in [6.07, 6.45) is 0. The molecule has 0 fully saturated rings. The minimum atomic E-state index is 0.805. The third-order valence-corrected chi connectivity index (χ3v) is 3.78. The zero-order valence-electron chi connectivity index (χ0n) is 12.1. The highest BCUT2D eigenvalue weighted by molar-refractivity contribution is 5.82. The quantitative estimate of drug-likeness (QED) is 0.781. The second kappa shape index (κ2) is 5.00. The molecule has 1 heterocycles. The van der Waals surface area contributed by atoms with E-state index in [1.165, 1.54) is 22.0 Å². The predicted octanol–water partition coefficient (Wildman–Crippen LogP) is 3.74. The number of nitrogens with one attached hydrogen (secondary N) is 1. The Kier molecular flexibility index (Phi) is 3.18. The summed E-state index contributed by atoms with van der Waals surface area (Å²) in [4.78, 5) is 0. The summed E-state index contributed by atoms with van der Waals surface area (Å²) < 4.78 is 2.06. The van der Waals surface area contributed by atoms with Gasteiger partial charge in [0.15, 0.2) is 0 Å². The van der Waals surface area contributed by atoms with E-state index in [0.717, 1.165) is 17.9 Å². The van der Waals surface area contributed by atoms with Crippen molar-refractivity contribution in [2.24, 2.45) is 0 Å². The molecule has 3 nitrogen and oxygen atoms in total. The van der Waals surface area contributed by atoms with Gasteiger partial charge in [0, 0.05) is 7.05 Å². The van der Waals surface area contributed by atoms with E-state index in [4.69, 9.17) is 0 Å². The molecule has 0 saturated heterocycles. The van der Waals surface area contributed by atoms with Gasteiger partial charge in [-0.05, 0) is 36.2 Å². The molecule has 0 spiro atoms. The van der Waals surface area contributed by atoms with Gasteiger partial charge in [-0.3, -0.25) is 4.68 Å². The van der Waals surface area contributed by atoms with Gasteiger partial charge in [-0.15, -0.1) is 0 Å². The first-order chi connectivity index (χ1) is 9.69. The Morgan fingerprint density at radius 2 is 1.80 bits per heavy atom. The van der Waals surface area contributed by atoms with E-state index in [1.54, 1.807) is 0 Å². The molecule has 20 heavy (non-hydrogen) atoms. The monoisotopic (exact) mass is 265 g/mol. The van der Waals surface area contributed by atoms with Crippen LogP contribution < -0.4 is 5.32 Å². The van der Waals surface area contributed by atoms with Gasteiger partial charge in [0.25, 0.3) is 0 Å². The molecule has 1 aromatic heterocycles. The van der Waals surface area contributed by atoms with Crippen molar-refractivity contribution in [2.45, 2.75) is 20.4 Å². The molecular formula is C17H19N3. The van der Waals surface area contributed by atoms with E-state index >= 15 is 0 Å². The van der Waals surface area contributed by atoms with Crippen molar-refractivity contribution < 1.29 is 0 Å². The average molecular weight is 265 g/mol. The lowest BCUT2D eigenvalue weighted by Gasteiger charge is -2.07. The van der Waals surface area contributed by atoms with E-state index in [1.807, 2.05) is 14.0 Å². The molecule has 1 N–H and O–H groups in total. The van der Waals surface area contributed by atoms with Crippen LogP contribution in [0.25, 0.3) is 10.8 Å². The second-order valence-electron chi connectivity index (χ2n) is 5.13. The van der Waals surface area contributed by atoms with E-state index < -0.39 is 0 Å². The van der Waals surface area contributed by atoms with Crippen LogP contribution in [-0.2, 0) is 6.54 Å². The third-order valence-electron chi connectivity index (χ3n) is 3.78. The zero-order valence-corrected chi connectivity index (χ0v) is 12.1. The Morgan fingerprint density at radius 1 is 1.05 bits per heavy atom. The standard InChI is InChI=1S/C17H19N3/c1-12-17(18-3)13(2)20(19-12)11-14-8-9-15-6-4-5-7-16(15)10-14/h4-10,18H,11H2,1-3H3. The van der Waals surface area contributed by atoms with Crippen LogP contribution in [0.2, 0.25) is 0 Å². The molecule has 0 radical (unpaired) electrons. The second-order valence-corrected chi connectivity index (χ2v) is 5.13. The van der Waals surface area contributed by atoms with Gasteiger partial charge in [-0.1, -0.05) is 36.4 Å². The van der Waals surface area contributed by atoms with Crippen LogP contribution in [0.4, 0.5) is 5.69 Å². The van der Waals surface area contributed by atoms with Crippen LogP contribution >= 0.6 is 0 Å². The van der Waals surface area contributed by atoms with Gasteiger partial charge in [-0.25, -0.2) is 0 Å². The molecular weight excluding hydrogens is 246 g/mol. The van der Waals surface area contributed by atoms with Crippen LogP contribution in [0.5, 0.6) is 0 Å². The van der Waals surface area contributed by atoms with Crippen molar-refractivity contribution >= 4 is 16.5 Å². The Morgan fingerprint density at radius 3 is 2.50 bits per heavy atom. The maximum Gasteiger partial charge on any atom is 0.0828 e. The van der Waals surface area contributed by atoms with Gasteiger partial charge >= 0.3 is 0 Å². The van der Waals surface area contributed by atoms with Crippen molar-refractivity contribution in [3.63, 3.8) is 0 Å². The maximum atomic E-state index is 4.61. The Hall–Kier alpha value is -2.29. The number of benzene rings is 2. The van der Waals surface area contributed by atoms with Crippen LogP contribution in [0.15, 0.2) is 42.5 Å². The predicted molar refractivity (Wildman–Crippen MR) is 84.3 cm³/mol. The van der Waals surface area contributed by atoms with E-state index in [0.29, 0.717) is 0 Å². The fraction of sp³-hybridized carbons (Fsp3) is 0.235. The highest BCUT2D eigenvalue weighted by Crippen LogP contribution is 2.21. The number of hydrogen-bond donors (Lipinski definition) is 1. The van der Waals surface area contributed by atoms with Gasteiger partial charge < -0.3 is 5.32 Å². The van der Waals surface area contributed by atoms with E-state index in [9.17, 15) is 0 Å². The highest BCUT2D eigenvalue weighted by Gasteiger charge is 2.10. The van der Waals surface area contributed by atoms with Gasteiger partial charge in [-0.2, -0.15) is 5.10 Å². The van der Waals surface area contributed by atoms with Crippen LogP contribution in [0, 0.1) is 13.8 Å². The molecule has 0 amide bonds. The molecule has 2 aromatic carbocycles. The minimum absolute atomic E-state index is 0.805. The largest absolute Gasteiger partial charge is 0.385 e. The molecule has 3 heteroatoms. The molecule has 3 aromatic rings. The number of aromatic nitrogens is 2. The van der Waals surface area contributed by atoms with Crippen LogP contribution in [0.1, 0.15) is 17.0 Å². The summed E-state index contributed by atoms with van der Waals surface area (Å²) in [5, 5.41) is 10.4. The zero-order chi connectivity index (χ0) is 14.1. The lowest BCUT2D eigenvalue weighted by molar-refractivity contribution is 0.660. The van der Waals surface area contributed by atoms with Crippen molar-refractivity contribution in [3.8, 4) is 0 Å². The molecule has 0 aliphatic heterocycles. The van der Waals surface area contributed by atoms with Crippen molar-refractivity contribution in [2.75, 3.05) is 12.4 Å². The lowest BCUT2D eigenvalue weighted by atomic mass is 10.1. The van der Waals surface area contributed by atoms with Gasteiger partial charge in [0.1, 0.15) is 0 Å². The number of aryl methyl sites for hydroxylation is 1. The normalized spacial score (nSPS) is 10.9. The van der Waals surface area contributed by atoms with Gasteiger partial charge in [0.05, 0.1) is 23.6 Å². The van der Waals surface area contributed by atoms with Crippen molar-refractivity contribution in [1.29, 1.82) is 0 Å². The summed E-state index contributed by atoms with van der Waals surface area (Å²) in [5.41, 5.74) is 4.63. The highest BCUT2D eigenvalue weighted by atomic mass is 15.3. The first kappa shape index (κ1) is 12.7. The molecule has 0 saturated carbocycles. The molecule has 3 rings (SSSR count). The molecule has 0 aliphatic rings. The van der Waals surface area contributed by atoms with E-state index in [-0.39, 0.29) is 0 Å². The Labute approximate surface area is 119 Å². The molecule has 0 atom stereocenters. The number of hydrogen-bond acceptors (Lipinski definition) is 2. The number of anilines is 1. The maximum absolute atomic E-state index is 4.61. The fourth-order valence-corrected chi connectivity index (χ4v) is 2.72. The summed E-state index contributed by atoms with van der Waals surface area (Å²) in [5.74, 6) is 0. The van der Waals surface area contributed by atoms with E-state index in [2.05, 4.69) is 64.5 Å². The smallest absolute Gasteiger partial charge is 0.0828 e. The van der Waals surface area contributed by atoms with Crippen molar-refractivity contribution in [1.82, 2.24) is 9.78 Å². The minimum Gasteiger partial charge on any atom is -0.385 e.